The lowest BCUT2D eigenvalue weighted by atomic mass is 10.1. The smallest absolute Gasteiger partial charge is 0.260 e. The number of aromatic nitrogens is 2. The van der Waals surface area contributed by atoms with E-state index in [1.54, 1.807) is 13.0 Å². The lowest BCUT2D eigenvalue weighted by molar-refractivity contribution is -0.127. The van der Waals surface area contributed by atoms with Gasteiger partial charge in [0.15, 0.2) is 6.10 Å². The molecule has 1 N–H and O–H groups in total. The molecule has 156 valence electrons. The monoisotopic (exact) mass is 402 g/mol. The minimum absolute atomic E-state index is 0.272. The van der Waals surface area contributed by atoms with Gasteiger partial charge in [0, 0.05) is 25.2 Å². The van der Waals surface area contributed by atoms with Crippen molar-refractivity contribution in [2.24, 2.45) is 0 Å². The number of aryl methyl sites for hydroxylation is 1. The molecule has 1 atom stereocenters. The molecular weight excluding hydrogens is 375 g/mol. The summed E-state index contributed by atoms with van der Waals surface area (Å²) in [6, 6.07) is 7.54. The van der Waals surface area contributed by atoms with Gasteiger partial charge in [0.05, 0.1) is 6.54 Å². The molecule has 1 fully saturated rings. The number of piperidine rings is 1. The number of halogens is 1. The number of benzene rings is 1. The van der Waals surface area contributed by atoms with Crippen LogP contribution in [0, 0.1) is 12.7 Å². The first-order valence-corrected chi connectivity index (χ1v) is 9.94. The van der Waals surface area contributed by atoms with E-state index in [1.165, 1.54) is 37.5 Å². The van der Waals surface area contributed by atoms with Crippen LogP contribution in [0.25, 0.3) is 0 Å². The van der Waals surface area contributed by atoms with E-state index in [-0.39, 0.29) is 12.5 Å². The fourth-order valence-electron chi connectivity index (χ4n) is 3.16. The van der Waals surface area contributed by atoms with Crippen LogP contribution in [-0.4, -0.2) is 48.2 Å². The molecule has 2 aromatic rings. The van der Waals surface area contributed by atoms with Gasteiger partial charge < -0.3 is 19.7 Å². The summed E-state index contributed by atoms with van der Waals surface area (Å²) in [7, 11) is 0. The molecule has 8 heteroatoms. The summed E-state index contributed by atoms with van der Waals surface area (Å²) in [6.45, 7) is 6.02. The van der Waals surface area contributed by atoms with Gasteiger partial charge in [0.25, 0.3) is 5.91 Å². The molecule has 1 aromatic carbocycles. The van der Waals surface area contributed by atoms with E-state index in [1.807, 2.05) is 13.0 Å². The summed E-state index contributed by atoms with van der Waals surface area (Å²) in [5.41, 5.74) is 0. The van der Waals surface area contributed by atoms with Crippen LogP contribution >= 0.6 is 0 Å². The highest BCUT2D eigenvalue weighted by molar-refractivity contribution is 5.80. The molecule has 3 rings (SSSR count). The van der Waals surface area contributed by atoms with Crippen LogP contribution in [0.3, 0.4) is 0 Å². The first kappa shape index (κ1) is 20.8. The van der Waals surface area contributed by atoms with Crippen LogP contribution in [0.1, 0.15) is 32.0 Å². The summed E-state index contributed by atoms with van der Waals surface area (Å²) in [4.78, 5) is 23.2. The van der Waals surface area contributed by atoms with Crippen LogP contribution in [0.15, 0.2) is 30.3 Å². The second-order valence-corrected chi connectivity index (χ2v) is 7.02. The molecule has 1 aromatic heterocycles. The maximum Gasteiger partial charge on any atom is 0.260 e. The predicted molar refractivity (Wildman–Crippen MR) is 108 cm³/mol. The first-order chi connectivity index (χ1) is 14.0. The van der Waals surface area contributed by atoms with Gasteiger partial charge in [-0.3, -0.25) is 4.79 Å². The van der Waals surface area contributed by atoms with Crippen molar-refractivity contribution in [2.75, 3.05) is 31.1 Å². The molecular formula is C21H27FN4O3. The summed E-state index contributed by atoms with van der Waals surface area (Å²) in [6.07, 6.45) is 2.84. The average molecular weight is 402 g/mol. The molecule has 0 aliphatic carbocycles. The molecule has 2 heterocycles. The number of hydrogen-bond acceptors (Lipinski definition) is 6. The first-order valence-electron chi connectivity index (χ1n) is 9.94. The molecule has 1 aliphatic rings. The van der Waals surface area contributed by atoms with E-state index in [0.717, 1.165) is 18.9 Å². The van der Waals surface area contributed by atoms with Gasteiger partial charge in [0.2, 0.25) is 5.88 Å². The fraction of sp³-hybridized carbons (Fsp3) is 0.476. The third-order valence-electron chi connectivity index (χ3n) is 4.61. The highest BCUT2D eigenvalue weighted by Crippen LogP contribution is 2.21. The Kier molecular flexibility index (Phi) is 7.21. The van der Waals surface area contributed by atoms with Crippen molar-refractivity contribution in [3.05, 3.63) is 42.0 Å². The minimum atomic E-state index is -0.746. The van der Waals surface area contributed by atoms with E-state index in [4.69, 9.17) is 9.47 Å². The molecule has 0 radical (unpaired) electrons. The third kappa shape index (κ3) is 6.30. The van der Waals surface area contributed by atoms with Gasteiger partial charge in [0.1, 0.15) is 29.8 Å². The second kappa shape index (κ2) is 10.0. The molecule has 1 aliphatic heterocycles. The number of nitrogens with zero attached hydrogens (tertiary/aromatic N) is 3. The Morgan fingerprint density at radius 1 is 1.24 bits per heavy atom. The van der Waals surface area contributed by atoms with Gasteiger partial charge in [-0.1, -0.05) is 6.07 Å². The summed E-state index contributed by atoms with van der Waals surface area (Å²) < 4.78 is 24.3. The average Bonchev–Trinajstić information content (AvgIpc) is 2.71. The summed E-state index contributed by atoms with van der Waals surface area (Å²) in [5, 5.41) is 2.74. The standard InChI is InChI=1S/C21H27FN4O3/c1-15(29-18-8-6-7-17(22)13-18)21(27)23-9-12-28-20-14-19(24-16(2)25-20)26-10-4-3-5-11-26/h6-8,13-15H,3-5,9-12H2,1-2H3,(H,23,27). The third-order valence-corrected chi connectivity index (χ3v) is 4.61. The maximum absolute atomic E-state index is 13.2. The quantitative estimate of drug-likeness (QED) is 0.685. The number of hydrogen-bond donors (Lipinski definition) is 1. The van der Waals surface area contributed by atoms with Crippen molar-refractivity contribution in [3.8, 4) is 11.6 Å². The van der Waals surface area contributed by atoms with Crippen molar-refractivity contribution in [2.45, 2.75) is 39.2 Å². The minimum Gasteiger partial charge on any atom is -0.481 e. The number of anilines is 1. The van der Waals surface area contributed by atoms with Crippen molar-refractivity contribution in [1.29, 1.82) is 0 Å². The van der Waals surface area contributed by atoms with Crippen molar-refractivity contribution in [3.63, 3.8) is 0 Å². The Hall–Kier alpha value is -2.90. The Morgan fingerprint density at radius 3 is 2.79 bits per heavy atom. The van der Waals surface area contributed by atoms with Crippen LogP contribution < -0.4 is 19.7 Å². The molecule has 0 saturated carbocycles. The zero-order valence-electron chi connectivity index (χ0n) is 16.9. The van der Waals surface area contributed by atoms with Crippen LogP contribution in [-0.2, 0) is 4.79 Å². The largest absolute Gasteiger partial charge is 0.481 e. The lowest BCUT2D eigenvalue weighted by Gasteiger charge is -2.28. The second-order valence-electron chi connectivity index (χ2n) is 7.02. The highest BCUT2D eigenvalue weighted by Gasteiger charge is 2.16. The molecule has 1 amide bonds. The topological polar surface area (TPSA) is 76.6 Å². The maximum atomic E-state index is 13.2. The van der Waals surface area contributed by atoms with E-state index in [2.05, 4.69) is 20.2 Å². The van der Waals surface area contributed by atoms with E-state index in [0.29, 0.717) is 24.0 Å². The Morgan fingerprint density at radius 2 is 2.03 bits per heavy atom. The van der Waals surface area contributed by atoms with Gasteiger partial charge in [-0.2, -0.15) is 4.98 Å². The van der Waals surface area contributed by atoms with Crippen LogP contribution in [0.5, 0.6) is 11.6 Å². The van der Waals surface area contributed by atoms with E-state index >= 15 is 0 Å². The zero-order valence-corrected chi connectivity index (χ0v) is 16.9. The number of carbonyl (C=O) groups is 1. The normalized spacial score (nSPS) is 14.9. The van der Waals surface area contributed by atoms with Gasteiger partial charge >= 0.3 is 0 Å². The molecule has 7 nitrogen and oxygen atoms in total. The van der Waals surface area contributed by atoms with Crippen molar-refractivity contribution >= 4 is 11.7 Å². The predicted octanol–water partition coefficient (Wildman–Crippen LogP) is 2.88. The zero-order chi connectivity index (χ0) is 20.6. The molecule has 0 spiro atoms. The van der Waals surface area contributed by atoms with Crippen LogP contribution in [0.4, 0.5) is 10.2 Å². The highest BCUT2D eigenvalue weighted by atomic mass is 19.1. The van der Waals surface area contributed by atoms with Crippen molar-refractivity contribution in [1.82, 2.24) is 15.3 Å². The Balaban J connectivity index is 1.44. The molecule has 1 unspecified atom stereocenters. The SMILES string of the molecule is Cc1nc(OCCNC(=O)C(C)Oc2cccc(F)c2)cc(N2CCCCC2)n1. The van der Waals surface area contributed by atoms with Gasteiger partial charge in [-0.15, -0.1) is 0 Å². The number of rotatable bonds is 8. The lowest BCUT2D eigenvalue weighted by Crippen LogP contribution is -2.38. The number of nitrogens with one attached hydrogen (secondary N) is 1. The van der Waals surface area contributed by atoms with Gasteiger partial charge in [-0.25, -0.2) is 9.37 Å². The van der Waals surface area contributed by atoms with Crippen molar-refractivity contribution < 1.29 is 18.7 Å². The summed E-state index contributed by atoms with van der Waals surface area (Å²) >= 11 is 0. The fourth-order valence-corrected chi connectivity index (χ4v) is 3.16. The summed E-state index contributed by atoms with van der Waals surface area (Å²) in [5.74, 6) is 1.64. The molecule has 29 heavy (non-hydrogen) atoms. The number of amides is 1. The van der Waals surface area contributed by atoms with Gasteiger partial charge in [-0.05, 0) is 45.2 Å². The number of ether oxygens (including phenoxy) is 2. The molecule has 0 bridgehead atoms. The van der Waals surface area contributed by atoms with Crippen LogP contribution in [0.2, 0.25) is 0 Å². The Labute approximate surface area is 170 Å². The molecule has 1 saturated heterocycles. The Bertz CT molecular complexity index is 827. The number of carbonyl (C=O) groups excluding carboxylic acids is 1. The van der Waals surface area contributed by atoms with E-state index in [9.17, 15) is 9.18 Å². The van der Waals surface area contributed by atoms with E-state index < -0.39 is 11.9 Å².